The van der Waals surface area contributed by atoms with Gasteiger partial charge in [0.25, 0.3) is 0 Å². The summed E-state index contributed by atoms with van der Waals surface area (Å²) in [5.41, 5.74) is 6.90. The number of fused-ring (bicyclic) bond motifs is 1. The van der Waals surface area contributed by atoms with E-state index in [4.69, 9.17) is 5.73 Å². The van der Waals surface area contributed by atoms with Crippen molar-refractivity contribution in [1.82, 2.24) is 0 Å². The minimum atomic E-state index is -0.277. The highest BCUT2D eigenvalue weighted by Crippen LogP contribution is 2.30. The maximum Gasteiger partial charge on any atom is 0.164 e. The Morgan fingerprint density at radius 2 is 1.70 bits per heavy atom. The van der Waals surface area contributed by atoms with Gasteiger partial charge in [-0.2, -0.15) is 0 Å². The van der Waals surface area contributed by atoms with Crippen molar-refractivity contribution in [2.24, 2.45) is 5.73 Å². The van der Waals surface area contributed by atoms with Crippen LogP contribution in [-0.2, 0) is 0 Å². The van der Waals surface area contributed by atoms with Gasteiger partial charge in [-0.15, -0.1) is 0 Å². The third kappa shape index (κ3) is 2.75. The van der Waals surface area contributed by atoms with E-state index in [9.17, 15) is 4.79 Å². The summed E-state index contributed by atoms with van der Waals surface area (Å²) in [7, 11) is 0. The van der Waals surface area contributed by atoms with Gasteiger partial charge in [0, 0.05) is 17.5 Å². The highest BCUT2D eigenvalue weighted by molar-refractivity contribution is 6.00. The highest BCUT2D eigenvalue weighted by atomic mass is 16.1. The maximum absolute atomic E-state index is 12.5. The standard InChI is InChI=1S/C18H21NO/c19-18(10-4-1-5-11-18)13-17(20)16-9-8-14-6-2-3-7-15(14)12-16/h2-3,6-9,12H,1,4-5,10-11,13,19H2. The largest absolute Gasteiger partial charge is 0.325 e. The number of rotatable bonds is 3. The number of carbonyl (C=O) groups is 1. The Hall–Kier alpha value is -1.67. The predicted octanol–water partition coefficient (Wildman–Crippen LogP) is 4.07. The van der Waals surface area contributed by atoms with E-state index in [0.29, 0.717) is 6.42 Å². The third-order valence-corrected chi connectivity index (χ3v) is 4.43. The molecule has 2 N–H and O–H groups in total. The Kier molecular flexibility index (Phi) is 3.58. The van der Waals surface area contributed by atoms with Gasteiger partial charge in [0.15, 0.2) is 5.78 Å². The molecule has 2 aromatic carbocycles. The van der Waals surface area contributed by atoms with Crippen LogP contribution < -0.4 is 5.73 Å². The van der Waals surface area contributed by atoms with Crippen LogP contribution in [0.1, 0.15) is 48.9 Å². The summed E-state index contributed by atoms with van der Waals surface area (Å²) in [6.07, 6.45) is 6.00. The van der Waals surface area contributed by atoms with E-state index in [1.807, 2.05) is 36.4 Å². The summed E-state index contributed by atoms with van der Waals surface area (Å²) in [5, 5.41) is 2.29. The fourth-order valence-corrected chi connectivity index (χ4v) is 3.22. The molecule has 3 rings (SSSR count). The van der Waals surface area contributed by atoms with Gasteiger partial charge in [0.2, 0.25) is 0 Å². The fourth-order valence-electron chi connectivity index (χ4n) is 3.22. The van der Waals surface area contributed by atoms with Crippen molar-refractivity contribution in [1.29, 1.82) is 0 Å². The number of benzene rings is 2. The molecule has 0 unspecified atom stereocenters. The Labute approximate surface area is 120 Å². The van der Waals surface area contributed by atoms with Crippen LogP contribution in [0.2, 0.25) is 0 Å². The molecule has 0 saturated heterocycles. The smallest absolute Gasteiger partial charge is 0.164 e. The summed E-state index contributed by atoms with van der Waals surface area (Å²) in [4.78, 5) is 12.5. The average molecular weight is 267 g/mol. The van der Waals surface area contributed by atoms with E-state index in [2.05, 4.69) is 6.07 Å². The summed E-state index contributed by atoms with van der Waals surface area (Å²) < 4.78 is 0. The Morgan fingerprint density at radius 3 is 2.45 bits per heavy atom. The van der Waals surface area contributed by atoms with Crippen LogP contribution in [0.15, 0.2) is 42.5 Å². The first-order valence-electron chi connectivity index (χ1n) is 7.47. The second-order valence-electron chi connectivity index (χ2n) is 6.08. The summed E-state index contributed by atoms with van der Waals surface area (Å²) in [5.74, 6) is 0.181. The first-order chi connectivity index (χ1) is 9.66. The quantitative estimate of drug-likeness (QED) is 0.852. The van der Waals surface area contributed by atoms with Gasteiger partial charge >= 0.3 is 0 Å². The molecule has 0 radical (unpaired) electrons. The Morgan fingerprint density at radius 1 is 1.00 bits per heavy atom. The lowest BCUT2D eigenvalue weighted by Gasteiger charge is -2.32. The van der Waals surface area contributed by atoms with Crippen molar-refractivity contribution >= 4 is 16.6 Å². The van der Waals surface area contributed by atoms with Gasteiger partial charge < -0.3 is 5.73 Å². The molecular formula is C18H21NO. The van der Waals surface area contributed by atoms with Crippen molar-refractivity contribution < 1.29 is 4.79 Å². The van der Waals surface area contributed by atoms with Crippen molar-refractivity contribution in [3.63, 3.8) is 0 Å². The SMILES string of the molecule is NC1(CC(=O)c2ccc3ccccc3c2)CCCCC1. The second kappa shape index (κ2) is 5.37. The lowest BCUT2D eigenvalue weighted by Crippen LogP contribution is -2.43. The minimum Gasteiger partial charge on any atom is -0.325 e. The predicted molar refractivity (Wildman–Crippen MR) is 82.9 cm³/mol. The summed E-state index contributed by atoms with van der Waals surface area (Å²) >= 11 is 0. The van der Waals surface area contributed by atoms with Crippen molar-refractivity contribution in [2.75, 3.05) is 0 Å². The molecular weight excluding hydrogens is 246 g/mol. The first-order valence-corrected chi connectivity index (χ1v) is 7.47. The fraction of sp³-hybridized carbons (Fsp3) is 0.389. The minimum absolute atomic E-state index is 0.181. The number of nitrogens with two attached hydrogens (primary N) is 1. The van der Waals surface area contributed by atoms with Gasteiger partial charge in [0.1, 0.15) is 0 Å². The molecule has 1 fully saturated rings. The van der Waals surface area contributed by atoms with E-state index in [0.717, 1.165) is 36.6 Å². The molecule has 2 heteroatoms. The molecule has 2 aromatic rings. The zero-order valence-corrected chi connectivity index (χ0v) is 11.8. The van der Waals surface area contributed by atoms with Gasteiger partial charge in [-0.05, 0) is 29.7 Å². The van der Waals surface area contributed by atoms with Crippen molar-refractivity contribution in [3.05, 3.63) is 48.0 Å². The molecule has 0 bridgehead atoms. The van der Waals surface area contributed by atoms with Gasteiger partial charge in [-0.3, -0.25) is 4.79 Å². The topological polar surface area (TPSA) is 43.1 Å². The molecule has 0 atom stereocenters. The zero-order valence-electron chi connectivity index (χ0n) is 11.8. The van der Waals surface area contributed by atoms with Gasteiger partial charge in [0.05, 0.1) is 0 Å². The molecule has 0 spiro atoms. The number of ketones is 1. The van der Waals surface area contributed by atoms with Crippen LogP contribution in [0.4, 0.5) is 0 Å². The molecule has 0 aliphatic heterocycles. The lowest BCUT2D eigenvalue weighted by atomic mass is 9.78. The van der Waals surface area contributed by atoms with Crippen LogP contribution in [0.25, 0.3) is 10.8 Å². The van der Waals surface area contributed by atoms with Crippen LogP contribution in [-0.4, -0.2) is 11.3 Å². The normalized spacial score (nSPS) is 18.1. The third-order valence-electron chi connectivity index (χ3n) is 4.43. The molecule has 104 valence electrons. The molecule has 0 amide bonds. The van der Waals surface area contributed by atoms with E-state index in [1.165, 1.54) is 11.8 Å². The number of Topliss-reactive ketones (excluding diaryl/α,β-unsaturated/α-hetero) is 1. The van der Waals surface area contributed by atoms with Crippen molar-refractivity contribution in [3.8, 4) is 0 Å². The number of carbonyl (C=O) groups excluding carboxylic acids is 1. The van der Waals surface area contributed by atoms with E-state index in [1.54, 1.807) is 0 Å². The maximum atomic E-state index is 12.5. The Balaban J connectivity index is 1.81. The van der Waals surface area contributed by atoms with Gasteiger partial charge in [-0.1, -0.05) is 55.7 Å². The first kappa shape index (κ1) is 13.3. The molecule has 1 saturated carbocycles. The van der Waals surface area contributed by atoms with E-state index < -0.39 is 0 Å². The number of hydrogen-bond acceptors (Lipinski definition) is 2. The van der Waals surface area contributed by atoms with Crippen LogP contribution in [0.5, 0.6) is 0 Å². The lowest BCUT2D eigenvalue weighted by molar-refractivity contribution is 0.0935. The van der Waals surface area contributed by atoms with Crippen LogP contribution >= 0.6 is 0 Å². The average Bonchev–Trinajstić information content (AvgIpc) is 2.47. The zero-order chi connectivity index (χ0) is 14.0. The van der Waals surface area contributed by atoms with Crippen LogP contribution in [0.3, 0.4) is 0 Å². The van der Waals surface area contributed by atoms with Gasteiger partial charge in [-0.25, -0.2) is 0 Å². The van der Waals surface area contributed by atoms with E-state index >= 15 is 0 Å². The molecule has 20 heavy (non-hydrogen) atoms. The van der Waals surface area contributed by atoms with Crippen LogP contribution in [0, 0.1) is 0 Å². The monoisotopic (exact) mass is 267 g/mol. The Bertz CT molecular complexity index is 626. The molecule has 1 aliphatic rings. The number of hydrogen-bond donors (Lipinski definition) is 1. The highest BCUT2D eigenvalue weighted by Gasteiger charge is 2.30. The molecule has 0 heterocycles. The summed E-state index contributed by atoms with van der Waals surface area (Å²) in [6.45, 7) is 0. The molecule has 0 aromatic heterocycles. The van der Waals surface area contributed by atoms with Crippen molar-refractivity contribution in [2.45, 2.75) is 44.1 Å². The van der Waals surface area contributed by atoms with E-state index in [-0.39, 0.29) is 11.3 Å². The molecule has 1 aliphatic carbocycles. The molecule has 2 nitrogen and oxygen atoms in total. The summed E-state index contributed by atoms with van der Waals surface area (Å²) in [6, 6.07) is 14.1. The second-order valence-corrected chi connectivity index (χ2v) is 6.08.